The Morgan fingerprint density at radius 2 is 1.67 bits per heavy atom. The van der Waals surface area contributed by atoms with Gasteiger partial charge in [-0.25, -0.2) is 0 Å². The molecule has 3 nitrogen and oxygen atoms in total. The Labute approximate surface area is 161 Å². The predicted molar refractivity (Wildman–Crippen MR) is 110 cm³/mol. The molecule has 3 rings (SSSR count). The second kappa shape index (κ2) is 6.70. The summed E-state index contributed by atoms with van der Waals surface area (Å²) in [4.78, 5) is 12.4. The van der Waals surface area contributed by atoms with Gasteiger partial charge in [0.2, 0.25) is 0 Å². The molecule has 0 aliphatic heterocycles. The number of aryl methyl sites for hydroxylation is 2. The van der Waals surface area contributed by atoms with E-state index in [2.05, 4.69) is 33.8 Å². The average Bonchev–Trinajstić information content (AvgIpc) is 3.14. The Hall–Kier alpha value is -2.29. The van der Waals surface area contributed by atoms with Crippen LogP contribution in [0.1, 0.15) is 65.0 Å². The number of furan rings is 2. The maximum atomic E-state index is 12.4. The lowest BCUT2D eigenvalue weighted by molar-refractivity contribution is -0.126. The first kappa shape index (κ1) is 19.5. The molecule has 0 amide bonds. The van der Waals surface area contributed by atoms with Crippen LogP contribution in [0.2, 0.25) is 0 Å². The molecule has 0 bridgehead atoms. The number of hydrogen-bond donors (Lipinski definition) is 0. The van der Waals surface area contributed by atoms with Gasteiger partial charge in [0.1, 0.15) is 28.6 Å². The predicted octanol–water partition coefficient (Wildman–Crippen LogP) is 6.85. The molecule has 2 aromatic heterocycles. The van der Waals surface area contributed by atoms with Crippen LogP contribution in [0.3, 0.4) is 0 Å². The standard InChI is InChI=1S/C24H30O3/c1-15-8-9-17-16(14-15)22(19-11-13-21(27-19)24(5,6)7)18(26-17)10-12-20(25)23(2,3)4/h8-9,11,13-14H,10,12H2,1-7H3. The van der Waals surface area contributed by atoms with Crippen molar-refractivity contribution in [3.8, 4) is 11.3 Å². The highest BCUT2D eigenvalue weighted by molar-refractivity contribution is 5.95. The Kier molecular flexibility index (Phi) is 4.83. The largest absolute Gasteiger partial charge is 0.460 e. The van der Waals surface area contributed by atoms with E-state index in [0.717, 1.165) is 33.8 Å². The molecule has 0 fully saturated rings. The van der Waals surface area contributed by atoms with Crippen molar-refractivity contribution < 1.29 is 13.6 Å². The summed E-state index contributed by atoms with van der Waals surface area (Å²) >= 11 is 0. The van der Waals surface area contributed by atoms with Crippen molar-refractivity contribution in [3.63, 3.8) is 0 Å². The van der Waals surface area contributed by atoms with Gasteiger partial charge >= 0.3 is 0 Å². The molecule has 3 heteroatoms. The zero-order valence-electron chi connectivity index (χ0n) is 17.5. The fourth-order valence-corrected chi connectivity index (χ4v) is 3.19. The van der Waals surface area contributed by atoms with Gasteiger partial charge in [0.15, 0.2) is 0 Å². The van der Waals surface area contributed by atoms with Gasteiger partial charge in [0.25, 0.3) is 0 Å². The summed E-state index contributed by atoms with van der Waals surface area (Å²) < 4.78 is 12.4. The quantitative estimate of drug-likeness (QED) is 0.507. The molecule has 27 heavy (non-hydrogen) atoms. The van der Waals surface area contributed by atoms with Gasteiger partial charge in [-0.3, -0.25) is 4.79 Å². The first-order chi connectivity index (χ1) is 12.5. The zero-order valence-corrected chi connectivity index (χ0v) is 17.5. The van der Waals surface area contributed by atoms with Crippen LogP contribution < -0.4 is 0 Å². The summed E-state index contributed by atoms with van der Waals surface area (Å²) in [5, 5.41) is 1.04. The molecule has 0 saturated carbocycles. The van der Waals surface area contributed by atoms with E-state index in [9.17, 15) is 4.79 Å². The van der Waals surface area contributed by atoms with E-state index in [1.54, 1.807) is 0 Å². The number of Topliss-reactive ketones (excluding diaryl/α,β-unsaturated/α-hetero) is 1. The number of benzene rings is 1. The fraction of sp³-hybridized carbons (Fsp3) is 0.458. The second-order valence-electron chi connectivity index (χ2n) is 9.49. The van der Waals surface area contributed by atoms with E-state index < -0.39 is 0 Å². The molecule has 0 aliphatic carbocycles. The smallest absolute Gasteiger partial charge is 0.138 e. The highest BCUT2D eigenvalue weighted by Crippen LogP contribution is 2.39. The first-order valence-corrected chi connectivity index (χ1v) is 9.63. The Balaban J connectivity index is 2.07. The summed E-state index contributed by atoms with van der Waals surface area (Å²) in [6.07, 6.45) is 1.03. The molecule has 0 unspecified atom stereocenters. The summed E-state index contributed by atoms with van der Waals surface area (Å²) in [5.74, 6) is 2.81. The lowest BCUT2D eigenvalue weighted by Gasteiger charge is -2.16. The molecule has 0 radical (unpaired) electrons. The van der Waals surface area contributed by atoms with Crippen LogP contribution in [0.4, 0.5) is 0 Å². The van der Waals surface area contributed by atoms with Gasteiger partial charge in [-0.1, -0.05) is 53.2 Å². The van der Waals surface area contributed by atoms with Crippen molar-refractivity contribution in [1.29, 1.82) is 0 Å². The minimum Gasteiger partial charge on any atom is -0.460 e. The summed E-state index contributed by atoms with van der Waals surface area (Å²) in [5.41, 5.74) is 2.58. The Bertz CT molecular complexity index is 971. The molecular weight excluding hydrogens is 336 g/mol. The van der Waals surface area contributed by atoms with Crippen molar-refractivity contribution in [1.82, 2.24) is 0 Å². The lowest BCUT2D eigenvalue weighted by atomic mass is 9.87. The van der Waals surface area contributed by atoms with E-state index in [0.29, 0.717) is 12.8 Å². The van der Waals surface area contributed by atoms with Gasteiger partial charge in [0.05, 0.1) is 5.56 Å². The Morgan fingerprint density at radius 1 is 0.963 bits per heavy atom. The van der Waals surface area contributed by atoms with Crippen LogP contribution >= 0.6 is 0 Å². The second-order valence-corrected chi connectivity index (χ2v) is 9.49. The molecule has 1 aromatic carbocycles. The first-order valence-electron chi connectivity index (χ1n) is 9.63. The molecule has 0 aliphatic rings. The molecule has 0 atom stereocenters. The molecular formula is C24H30O3. The van der Waals surface area contributed by atoms with Gasteiger partial charge < -0.3 is 8.83 Å². The van der Waals surface area contributed by atoms with E-state index in [1.807, 2.05) is 45.0 Å². The minimum absolute atomic E-state index is 0.0595. The fourth-order valence-electron chi connectivity index (χ4n) is 3.19. The number of carbonyl (C=O) groups is 1. The minimum atomic E-state index is -0.340. The van der Waals surface area contributed by atoms with E-state index in [1.165, 1.54) is 5.56 Å². The van der Waals surface area contributed by atoms with Gasteiger partial charge in [0, 0.05) is 29.1 Å². The number of carbonyl (C=O) groups excluding carboxylic acids is 1. The van der Waals surface area contributed by atoms with Crippen molar-refractivity contribution in [2.45, 2.75) is 66.7 Å². The van der Waals surface area contributed by atoms with Gasteiger partial charge in [-0.15, -0.1) is 0 Å². The van der Waals surface area contributed by atoms with Crippen LogP contribution in [-0.4, -0.2) is 5.78 Å². The maximum Gasteiger partial charge on any atom is 0.138 e. The van der Waals surface area contributed by atoms with E-state index in [-0.39, 0.29) is 16.6 Å². The SMILES string of the molecule is Cc1ccc2oc(CCC(=O)C(C)(C)C)c(-c3ccc(C(C)(C)C)o3)c2c1. The molecule has 0 N–H and O–H groups in total. The van der Waals surface area contributed by atoms with Crippen molar-refractivity contribution in [3.05, 3.63) is 47.4 Å². The molecule has 0 saturated heterocycles. The molecule has 2 heterocycles. The van der Waals surface area contributed by atoms with Crippen LogP contribution in [0.25, 0.3) is 22.3 Å². The third-order valence-corrected chi connectivity index (χ3v) is 4.92. The third-order valence-electron chi connectivity index (χ3n) is 4.92. The summed E-state index contributed by atoms with van der Waals surface area (Å²) in [6.45, 7) is 14.4. The van der Waals surface area contributed by atoms with Gasteiger partial charge in [-0.2, -0.15) is 0 Å². The van der Waals surface area contributed by atoms with Crippen molar-refractivity contribution in [2.24, 2.45) is 5.41 Å². The number of ketones is 1. The van der Waals surface area contributed by atoms with E-state index in [4.69, 9.17) is 8.83 Å². The van der Waals surface area contributed by atoms with Gasteiger partial charge in [-0.05, 0) is 31.2 Å². The van der Waals surface area contributed by atoms with Crippen molar-refractivity contribution >= 4 is 16.8 Å². The third kappa shape index (κ3) is 4.02. The van der Waals surface area contributed by atoms with Crippen LogP contribution in [0, 0.1) is 12.3 Å². The average molecular weight is 367 g/mol. The monoisotopic (exact) mass is 366 g/mol. The number of fused-ring (bicyclic) bond motifs is 1. The lowest BCUT2D eigenvalue weighted by Crippen LogP contribution is -2.20. The van der Waals surface area contributed by atoms with Crippen LogP contribution in [0.15, 0.2) is 39.2 Å². The molecule has 144 valence electrons. The Morgan fingerprint density at radius 3 is 2.26 bits per heavy atom. The number of hydrogen-bond acceptors (Lipinski definition) is 3. The molecule has 3 aromatic rings. The number of rotatable bonds is 4. The zero-order chi connectivity index (χ0) is 20.0. The maximum absolute atomic E-state index is 12.4. The van der Waals surface area contributed by atoms with Crippen LogP contribution in [0.5, 0.6) is 0 Å². The van der Waals surface area contributed by atoms with Crippen molar-refractivity contribution in [2.75, 3.05) is 0 Å². The summed E-state index contributed by atoms with van der Waals surface area (Å²) in [7, 11) is 0. The normalized spacial score (nSPS) is 12.7. The van der Waals surface area contributed by atoms with Crippen LogP contribution in [-0.2, 0) is 16.6 Å². The highest BCUT2D eigenvalue weighted by Gasteiger charge is 2.25. The summed E-state index contributed by atoms with van der Waals surface area (Å²) in [6, 6.07) is 10.2. The van der Waals surface area contributed by atoms with E-state index >= 15 is 0 Å². The topological polar surface area (TPSA) is 43.4 Å². The molecule has 0 spiro atoms. The highest BCUT2D eigenvalue weighted by atomic mass is 16.4.